The van der Waals surface area contributed by atoms with Gasteiger partial charge in [0.2, 0.25) is 5.91 Å². The molecular weight excluding hydrogens is 471 g/mol. The molecule has 1 saturated heterocycles. The van der Waals surface area contributed by atoms with E-state index in [0.29, 0.717) is 19.5 Å². The summed E-state index contributed by atoms with van der Waals surface area (Å²) < 4.78 is 40.2. The summed E-state index contributed by atoms with van der Waals surface area (Å²) in [4.78, 5) is 16.5. The molecule has 35 heavy (non-hydrogen) atoms. The normalized spacial score (nSPS) is 15.1. The number of halogens is 3. The van der Waals surface area contributed by atoms with Crippen molar-refractivity contribution in [2.45, 2.75) is 31.9 Å². The van der Waals surface area contributed by atoms with Gasteiger partial charge in [0.25, 0.3) is 0 Å². The van der Waals surface area contributed by atoms with Gasteiger partial charge in [-0.1, -0.05) is 24.3 Å². The molecule has 1 amide bonds. The number of nitrogens with zero attached hydrogens (tertiary/aromatic N) is 2. The molecule has 1 N–H and O–H groups in total. The van der Waals surface area contributed by atoms with Crippen LogP contribution in [0.3, 0.4) is 0 Å². The van der Waals surface area contributed by atoms with Crippen LogP contribution in [0, 0.1) is 0 Å². The van der Waals surface area contributed by atoms with E-state index in [2.05, 4.69) is 21.7 Å². The van der Waals surface area contributed by atoms with E-state index < -0.39 is 11.7 Å². The Morgan fingerprint density at radius 1 is 0.914 bits per heavy atom. The van der Waals surface area contributed by atoms with E-state index in [1.54, 1.807) is 23.5 Å². The van der Waals surface area contributed by atoms with Crippen LogP contribution in [-0.4, -0.2) is 43.5 Å². The number of rotatable bonds is 8. The molecule has 0 aliphatic carbocycles. The summed E-state index contributed by atoms with van der Waals surface area (Å²) in [5, 5.41) is 7.09. The fourth-order valence-electron chi connectivity index (χ4n) is 4.44. The van der Waals surface area contributed by atoms with Gasteiger partial charge in [0.15, 0.2) is 0 Å². The van der Waals surface area contributed by atoms with Crippen LogP contribution in [0.25, 0.3) is 11.1 Å². The number of unbranched alkanes of at least 4 members (excludes halogenated alkanes) is 1. The van der Waals surface area contributed by atoms with Crippen molar-refractivity contribution in [3.05, 3.63) is 70.9 Å². The van der Waals surface area contributed by atoms with E-state index in [4.69, 9.17) is 0 Å². The van der Waals surface area contributed by atoms with Gasteiger partial charge in [-0.15, -0.1) is 0 Å². The van der Waals surface area contributed by atoms with Crippen LogP contribution in [-0.2, 0) is 11.0 Å². The van der Waals surface area contributed by atoms with Gasteiger partial charge in [0.05, 0.1) is 5.56 Å². The summed E-state index contributed by atoms with van der Waals surface area (Å²) in [6, 6.07) is 15.7. The van der Waals surface area contributed by atoms with Gasteiger partial charge in [-0.25, -0.2) is 0 Å². The number of benzene rings is 2. The maximum atomic E-state index is 13.4. The van der Waals surface area contributed by atoms with Crippen molar-refractivity contribution in [3.8, 4) is 11.1 Å². The SMILES string of the molecule is O=C(CCCCN1CCCN(c2ccccc2C(F)(F)F)CC1)Nc1ccc(-c2ccsc2)cc1. The summed E-state index contributed by atoms with van der Waals surface area (Å²) >= 11 is 1.66. The fourth-order valence-corrected chi connectivity index (χ4v) is 5.11. The smallest absolute Gasteiger partial charge is 0.370 e. The highest BCUT2D eigenvalue weighted by atomic mass is 32.1. The molecule has 2 aromatic carbocycles. The van der Waals surface area contributed by atoms with Gasteiger partial charge in [0.1, 0.15) is 0 Å². The molecule has 1 fully saturated rings. The van der Waals surface area contributed by atoms with Crippen LogP contribution < -0.4 is 10.2 Å². The average molecular weight is 502 g/mol. The minimum atomic E-state index is -4.35. The Labute approximate surface area is 208 Å². The van der Waals surface area contributed by atoms with Crippen LogP contribution in [0.15, 0.2) is 65.4 Å². The molecule has 3 aromatic rings. The first-order valence-electron chi connectivity index (χ1n) is 12.0. The second kappa shape index (κ2) is 11.7. The van der Waals surface area contributed by atoms with Crippen LogP contribution in [0.5, 0.6) is 0 Å². The van der Waals surface area contributed by atoms with Crippen LogP contribution >= 0.6 is 11.3 Å². The summed E-state index contributed by atoms with van der Waals surface area (Å²) in [6.07, 6.45) is -1.44. The lowest BCUT2D eigenvalue weighted by atomic mass is 10.1. The zero-order valence-corrected chi connectivity index (χ0v) is 20.4. The lowest BCUT2D eigenvalue weighted by molar-refractivity contribution is -0.137. The highest BCUT2D eigenvalue weighted by molar-refractivity contribution is 7.08. The van der Waals surface area contributed by atoms with Gasteiger partial charge in [-0.2, -0.15) is 24.5 Å². The molecule has 4 rings (SSSR count). The lowest BCUT2D eigenvalue weighted by Crippen LogP contribution is -2.32. The predicted molar refractivity (Wildman–Crippen MR) is 137 cm³/mol. The quantitative estimate of drug-likeness (QED) is 0.347. The Morgan fingerprint density at radius 2 is 1.71 bits per heavy atom. The fraction of sp³-hybridized carbons (Fsp3) is 0.370. The molecule has 0 spiro atoms. The molecule has 2 heterocycles. The number of thiophene rings is 1. The third-order valence-corrected chi connectivity index (χ3v) is 6.97. The number of nitrogens with one attached hydrogen (secondary N) is 1. The van der Waals surface area contributed by atoms with E-state index in [1.807, 2.05) is 34.5 Å². The number of hydrogen-bond acceptors (Lipinski definition) is 4. The molecule has 0 unspecified atom stereocenters. The summed E-state index contributed by atoms with van der Waals surface area (Å²) in [5.74, 6) is -0.000849. The third kappa shape index (κ3) is 7.08. The number of para-hydroxylation sites is 1. The molecule has 0 atom stereocenters. The van der Waals surface area contributed by atoms with E-state index >= 15 is 0 Å². The van der Waals surface area contributed by atoms with Crippen molar-refractivity contribution in [3.63, 3.8) is 0 Å². The minimum Gasteiger partial charge on any atom is -0.370 e. The summed E-state index contributed by atoms with van der Waals surface area (Å²) in [7, 11) is 0. The van der Waals surface area contributed by atoms with Crippen molar-refractivity contribution in [2.24, 2.45) is 0 Å². The number of alkyl halides is 3. The Morgan fingerprint density at radius 3 is 2.46 bits per heavy atom. The number of carbonyl (C=O) groups is 1. The third-order valence-electron chi connectivity index (χ3n) is 6.29. The minimum absolute atomic E-state index is 0.000849. The Hall–Kier alpha value is -2.84. The maximum Gasteiger partial charge on any atom is 0.418 e. The second-order valence-corrected chi connectivity index (χ2v) is 9.57. The molecular formula is C27H30F3N3OS. The Kier molecular flexibility index (Phi) is 8.46. The first-order chi connectivity index (χ1) is 16.9. The average Bonchev–Trinajstić information content (AvgIpc) is 3.28. The molecule has 8 heteroatoms. The van der Waals surface area contributed by atoms with Gasteiger partial charge in [0, 0.05) is 37.4 Å². The number of carbonyl (C=O) groups excluding carboxylic acids is 1. The molecule has 0 bridgehead atoms. The van der Waals surface area contributed by atoms with Gasteiger partial charge >= 0.3 is 6.18 Å². The topological polar surface area (TPSA) is 35.6 Å². The first-order valence-corrected chi connectivity index (χ1v) is 12.9. The van der Waals surface area contributed by atoms with Crippen LogP contribution in [0.1, 0.15) is 31.2 Å². The first kappa shape index (κ1) is 25.3. The van der Waals surface area contributed by atoms with Crippen LogP contribution in [0.4, 0.5) is 24.5 Å². The zero-order chi connectivity index (χ0) is 24.7. The van der Waals surface area contributed by atoms with Crippen molar-refractivity contribution in [2.75, 3.05) is 42.9 Å². The van der Waals surface area contributed by atoms with Gasteiger partial charge in [-0.3, -0.25) is 4.79 Å². The molecule has 4 nitrogen and oxygen atoms in total. The second-order valence-electron chi connectivity index (χ2n) is 8.79. The van der Waals surface area contributed by atoms with Crippen LogP contribution in [0.2, 0.25) is 0 Å². The van der Waals surface area contributed by atoms with Crippen molar-refractivity contribution < 1.29 is 18.0 Å². The largest absolute Gasteiger partial charge is 0.418 e. The monoisotopic (exact) mass is 501 g/mol. The molecule has 186 valence electrons. The van der Waals surface area contributed by atoms with E-state index in [1.165, 1.54) is 11.6 Å². The number of amides is 1. The van der Waals surface area contributed by atoms with Gasteiger partial charge < -0.3 is 15.1 Å². The lowest BCUT2D eigenvalue weighted by Gasteiger charge is -2.26. The zero-order valence-electron chi connectivity index (χ0n) is 19.6. The van der Waals surface area contributed by atoms with Crippen molar-refractivity contribution in [1.29, 1.82) is 0 Å². The summed E-state index contributed by atoms with van der Waals surface area (Å²) in [6.45, 7) is 3.59. The van der Waals surface area contributed by atoms with Gasteiger partial charge in [-0.05, 0) is 84.6 Å². The molecule has 0 saturated carbocycles. The van der Waals surface area contributed by atoms with E-state index in [-0.39, 0.29) is 11.6 Å². The highest BCUT2D eigenvalue weighted by Gasteiger charge is 2.34. The Bertz CT molecular complexity index is 1080. The van der Waals surface area contributed by atoms with E-state index in [0.717, 1.165) is 56.2 Å². The number of anilines is 2. The molecule has 0 radical (unpaired) electrons. The standard InChI is InChI=1S/C27H30F3N3OS/c28-27(29,30)24-6-1-2-7-25(24)33-16-5-15-32(17-18-33)14-4-3-8-26(34)31-23-11-9-21(10-12-23)22-13-19-35-20-22/h1-2,6-7,9-13,19-20H,3-5,8,14-18H2,(H,31,34). The number of hydrogen-bond donors (Lipinski definition) is 1. The molecule has 1 aliphatic rings. The highest BCUT2D eigenvalue weighted by Crippen LogP contribution is 2.36. The molecule has 1 aliphatic heterocycles. The summed E-state index contributed by atoms with van der Waals surface area (Å²) in [5.41, 5.74) is 2.79. The Balaban J connectivity index is 1.18. The molecule has 1 aromatic heterocycles. The maximum absolute atomic E-state index is 13.4. The van der Waals surface area contributed by atoms with Crippen molar-refractivity contribution in [1.82, 2.24) is 4.90 Å². The van der Waals surface area contributed by atoms with Crippen molar-refractivity contribution >= 4 is 28.6 Å². The van der Waals surface area contributed by atoms with E-state index in [9.17, 15) is 18.0 Å². The predicted octanol–water partition coefficient (Wildman–Crippen LogP) is 6.76.